The van der Waals surface area contributed by atoms with E-state index in [1.54, 1.807) is 6.92 Å². The predicted octanol–water partition coefficient (Wildman–Crippen LogP) is 0.133. The van der Waals surface area contributed by atoms with Crippen LogP contribution in [0.2, 0.25) is 0 Å². The maximum Gasteiger partial charge on any atom is 0.239 e. The van der Waals surface area contributed by atoms with Crippen LogP contribution < -0.4 is 0 Å². The Morgan fingerprint density at radius 3 is 2.67 bits per heavy atom. The molecular weight excluding hydrogens is 310 g/mol. The van der Waals surface area contributed by atoms with Crippen molar-refractivity contribution in [2.45, 2.75) is 32.9 Å². The Morgan fingerprint density at radius 2 is 1.96 bits per heavy atom. The van der Waals surface area contributed by atoms with Crippen molar-refractivity contribution in [3.63, 3.8) is 0 Å². The molecule has 3 rings (SSSR count). The van der Waals surface area contributed by atoms with Crippen LogP contribution in [0, 0.1) is 6.92 Å². The largest absolute Gasteiger partial charge is 0.378 e. The molecule has 24 heavy (non-hydrogen) atoms. The molecule has 134 valence electrons. The molecule has 0 aromatic carbocycles. The summed E-state index contributed by atoms with van der Waals surface area (Å²) in [4.78, 5) is 23.5. The van der Waals surface area contributed by atoms with Crippen molar-refractivity contribution in [2.75, 3.05) is 52.5 Å². The number of hydrogen-bond acceptors (Lipinski definition) is 7. The number of ether oxygens (including phenoxy) is 1. The molecule has 8 nitrogen and oxygen atoms in total. The minimum Gasteiger partial charge on any atom is -0.378 e. The monoisotopic (exact) mass is 337 g/mol. The number of nitrogens with zero attached hydrogens (tertiary/aromatic N) is 5. The first kappa shape index (κ1) is 17.3. The van der Waals surface area contributed by atoms with Gasteiger partial charge in [0.05, 0.1) is 25.8 Å². The van der Waals surface area contributed by atoms with E-state index in [9.17, 15) is 4.79 Å². The van der Waals surface area contributed by atoms with E-state index in [2.05, 4.69) is 19.9 Å². The van der Waals surface area contributed by atoms with Crippen LogP contribution in [-0.2, 0) is 16.1 Å². The molecule has 0 saturated carbocycles. The van der Waals surface area contributed by atoms with Gasteiger partial charge in [0.25, 0.3) is 0 Å². The number of aryl methyl sites for hydroxylation is 1. The first-order valence-electron chi connectivity index (χ1n) is 8.75. The fourth-order valence-corrected chi connectivity index (χ4v) is 3.35. The van der Waals surface area contributed by atoms with Crippen LogP contribution in [0.3, 0.4) is 0 Å². The van der Waals surface area contributed by atoms with Crippen LogP contribution in [0.25, 0.3) is 0 Å². The normalized spacial score (nSPS) is 22.3. The molecule has 2 aliphatic rings. The Kier molecular flexibility index (Phi) is 5.80. The number of carbonyl (C=O) groups is 1. The van der Waals surface area contributed by atoms with Gasteiger partial charge in [0, 0.05) is 39.6 Å². The first-order valence-corrected chi connectivity index (χ1v) is 8.75. The lowest BCUT2D eigenvalue weighted by atomic mass is 10.2. The fraction of sp³-hybridized carbons (Fsp3) is 0.812. The smallest absolute Gasteiger partial charge is 0.239 e. The van der Waals surface area contributed by atoms with Gasteiger partial charge in [-0.15, -0.1) is 0 Å². The van der Waals surface area contributed by atoms with Gasteiger partial charge in [0.1, 0.15) is 0 Å². The van der Waals surface area contributed by atoms with Crippen molar-refractivity contribution in [1.82, 2.24) is 24.8 Å². The van der Waals surface area contributed by atoms with Gasteiger partial charge in [0.2, 0.25) is 11.8 Å². The summed E-state index contributed by atoms with van der Waals surface area (Å²) in [6.07, 6.45) is 1.04. The molecule has 2 saturated heterocycles. The highest BCUT2D eigenvalue weighted by Crippen LogP contribution is 2.12. The van der Waals surface area contributed by atoms with Crippen LogP contribution >= 0.6 is 0 Å². The van der Waals surface area contributed by atoms with Crippen molar-refractivity contribution < 1.29 is 14.1 Å². The molecule has 0 N–H and O–H groups in total. The molecule has 3 heterocycles. The summed E-state index contributed by atoms with van der Waals surface area (Å²) in [5.74, 6) is 1.56. The second-order valence-corrected chi connectivity index (χ2v) is 6.51. The average Bonchev–Trinajstić information content (AvgIpc) is 2.87. The second kappa shape index (κ2) is 8.04. The standard InChI is InChI=1S/C16H27N5O3/c1-13(16(22)21-8-10-23-11-9-21)20-5-3-4-19(6-7-20)12-15-17-14(2)24-18-15/h13H,3-12H2,1-2H3/t13-/m1/s1. The lowest BCUT2D eigenvalue weighted by Gasteiger charge is -2.34. The Hall–Kier alpha value is -1.51. The van der Waals surface area contributed by atoms with Crippen LogP contribution in [-0.4, -0.2) is 89.3 Å². The zero-order valence-electron chi connectivity index (χ0n) is 14.6. The van der Waals surface area contributed by atoms with E-state index in [-0.39, 0.29) is 11.9 Å². The summed E-state index contributed by atoms with van der Waals surface area (Å²) in [7, 11) is 0. The number of rotatable bonds is 4. The molecular formula is C16H27N5O3. The van der Waals surface area contributed by atoms with Crippen LogP contribution in [0.5, 0.6) is 0 Å². The molecule has 2 fully saturated rings. The Labute approximate surface area is 142 Å². The Bertz CT molecular complexity index is 544. The zero-order valence-corrected chi connectivity index (χ0v) is 14.6. The predicted molar refractivity (Wildman–Crippen MR) is 87.4 cm³/mol. The SMILES string of the molecule is Cc1nc(CN2CCCN([C@H](C)C(=O)N3CCOCC3)CC2)no1. The lowest BCUT2D eigenvalue weighted by Crippen LogP contribution is -2.51. The molecule has 0 aliphatic carbocycles. The Morgan fingerprint density at radius 1 is 1.17 bits per heavy atom. The van der Waals surface area contributed by atoms with Crippen molar-refractivity contribution in [3.8, 4) is 0 Å². The van der Waals surface area contributed by atoms with Crippen molar-refractivity contribution >= 4 is 5.91 Å². The molecule has 0 radical (unpaired) electrons. The van der Waals surface area contributed by atoms with E-state index >= 15 is 0 Å². The second-order valence-electron chi connectivity index (χ2n) is 6.51. The summed E-state index contributed by atoms with van der Waals surface area (Å²) < 4.78 is 10.4. The third-order valence-electron chi connectivity index (χ3n) is 4.79. The molecule has 1 aromatic heterocycles. The van der Waals surface area contributed by atoms with E-state index in [1.165, 1.54) is 0 Å². The van der Waals surface area contributed by atoms with Crippen molar-refractivity contribution in [1.29, 1.82) is 0 Å². The third-order valence-corrected chi connectivity index (χ3v) is 4.79. The molecule has 1 atom stereocenters. The highest BCUT2D eigenvalue weighted by atomic mass is 16.5. The molecule has 0 spiro atoms. The summed E-state index contributed by atoms with van der Waals surface area (Å²) in [5, 5.41) is 3.97. The maximum atomic E-state index is 12.7. The van der Waals surface area contributed by atoms with Gasteiger partial charge in [-0.3, -0.25) is 14.6 Å². The number of hydrogen-bond donors (Lipinski definition) is 0. The third kappa shape index (κ3) is 4.31. The van der Waals surface area contributed by atoms with E-state index in [0.717, 1.165) is 38.4 Å². The minimum absolute atomic E-state index is 0.0736. The van der Waals surface area contributed by atoms with Gasteiger partial charge in [-0.1, -0.05) is 5.16 Å². The summed E-state index contributed by atoms with van der Waals surface area (Å²) in [6.45, 7) is 11.0. The molecule has 1 amide bonds. The molecule has 0 bridgehead atoms. The number of aromatic nitrogens is 2. The van der Waals surface area contributed by atoms with E-state index in [1.807, 2.05) is 11.8 Å². The van der Waals surface area contributed by atoms with Crippen LogP contribution in [0.4, 0.5) is 0 Å². The molecule has 2 aliphatic heterocycles. The van der Waals surface area contributed by atoms with Crippen molar-refractivity contribution in [2.24, 2.45) is 0 Å². The van der Waals surface area contributed by atoms with Crippen LogP contribution in [0.15, 0.2) is 4.52 Å². The average molecular weight is 337 g/mol. The quantitative estimate of drug-likeness (QED) is 0.773. The molecule has 8 heteroatoms. The highest BCUT2D eigenvalue weighted by molar-refractivity contribution is 5.81. The van der Waals surface area contributed by atoms with E-state index < -0.39 is 0 Å². The maximum absolute atomic E-state index is 12.7. The van der Waals surface area contributed by atoms with Gasteiger partial charge < -0.3 is 14.2 Å². The van der Waals surface area contributed by atoms with Crippen molar-refractivity contribution in [3.05, 3.63) is 11.7 Å². The highest BCUT2D eigenvalue weighted by Gasteiger charge is 2.28. The lowest BCUT2D eigenvalue weighted by molar-refractivity contribution is -0.140. The Balaban J connectivity index is 1.51. The minimum atomic E-state index is -0.0736. The van der Waals surface area contributed by atoms with E-state index in [4.69, 9.17) is 9.26 Å². The van der Waals surface area contributed by atoms with Crippen LogP contribution in [0.1, 0.15) is 25.1 Å². The number of carbonyl (C=O) groups excluding carboxylic acids is 1. The van der Waals surface area contributed by atoms with Gasteiger partial charge in [-0.25, -0.2) is 0 Å². The number of morpholine rings is 1. The summed E-state index contributed by atoms with van der Waals surface area (Å²) >= 11 is 0. The zero-order chi connectivity index (χ0) is 16.9. The summed E-state index contributed by atoms with van der Waals surface area (Å²) in [6, 6.07) is -0.0736. The van der Waals surface area contributed by atoms with Gasteiger partial charge in [-0.2, -0.15) is 4.98 Å². The van der Waals surface area contributed by atoms with Gasteiger partial charge >= 0.3 is 0 Å². The number of amides is 1. The van der Waals surface area contributed by atoms with Gasteiger partial charge in [-0.05, 0) is 19.9 Å². The fourth-order valence-electron chi connectivity index (χ4n) is 3.35. The molecule has 0 unspecified atom stereocenters. The van der Waals surface area contributed by atoms with Gasteiger partial charge in [0.15, 0.2) is 5.82 Å². The first-order chi connectivity index (χ1) is 11.6. The molecule has 1 aromatic rings. The topological polar surface area (TPSA) is 74.9 Å². The van der Waals surface area contributed by atoms with E-state index in [0.29, 0.717) is 38.7 Å². The summed E-state index contributed by atoms with van der Waals surface area (Å²) in [5.41, 5.74) is 0.